The first-order valence-electron chi connectivity index (χ1n) is 10.2. The molecule has 7 heteroatoms. The van der Waals surface area contributed by atoms with E-state index in [1.54, 1.807) is 7.05 Å². The molecule has 1 aliphatic rings. The van der Waals surface area contributed by atoms with Gasteiger partial charge >= 0.3 is 0 Å². The lowest BCUT2D eigenvalue weighted by Gasteiger charge is -2.22. The number of guanidine groups is 1. The van der Waals surface area contributed by atoms with E-state index in [-0.39, 0.29) is 36.4 Å². The van der Waals surface area contributed by atoms with Gasteiger partial charge in [0.1, 0.15) is 0 Å². The van der Waals surface area contributed by atoms with Gasteiger partial charge in [-0.25, -0.2) is 0 Å². The molecule has 0 saturated carbocycles. The third kappa shape index (κ3) is 7.24. The third-order valence-corrected chi connectivity index (χ3v) is 5.21. The van der Waals surface area contributed by atoms with E-state index in [1.807, 2.05) is 23.1 Å². The Hall–Kier alpha value is -1.35. The molecular weight excluding hydrogens is 465 g/mol. The molecule has 1 heterocycles. The summed E-state index contributed by atoms with van der Waals surface area (Å²) in [7, 11) is 1.74. The van der Waals surface area contributed by atoms with Gasteiger partial charge < -0.3 is 20.4 Å². The summed E-state index contributed by atoms with van der Waals surface area (Å²) in [6.45, 7) is 10.9. The minimum Gasteiger partial charge on any atom is -0.354 e. The van der Waals surface area contributed by atoms with E-state index in [2.05, 4.69) is 47.4 Å². The van der Waals surface area contributed by atoms with E-state index in [1.165, 1.54) is 5.56 Å². The van der Waals surface area contributed by atoms with E-state index in [0.717, 1.165) is 51.1 Å². The molecule has 28 heavy (non-hydrogen) atoms. The van der Waals surface area contributed by atoms with Crippen LogP contribution in [0, 0.1) is 0 Å². The van der Waals surface area contributed by atoms with Crippen LogP contribution in [0.3, 0.4) is 0 Å². The number of rotatable bonds is 9. The number of carbonyl (C=O) groups is 1. The van der Waals surface area contributed by atoms with Gasteiger partial charge in [-0.3, -0.25) is 9.79 Å². The van der Waals surface area contributed by atoms with Gasteiger partial charge in [0.05, 0.1) is 6.54 Å². The zero-order valence-corrected chi connectivity index (χ0v) is 20.0. The minimum atomic E-state index is 0. The first kappa shape index (κ1) is 24.7. The summed E-state index contributed by atoms with van der Waals surface area (Å²) in [6.07, 6.45) is 3.15. The number of carbonyl (C=O) groups excluding carboxylic acids is 1. The van der Waals surface area contributed by atoms with Gasteiger partial charge in [0, 0.05) is 25.3 Å². The largest absolute Gasteiger partial charge is 0.354 e. The summed E-state index contributed by atoms with van der Waals surface area (Å²) in [5, 5.41) is 6.56. The van der Waals surface area contributed by atoms with E-state index in [9.17, 15) is 4.79 Å². The van der Waals surface area contributed by atoms with Crippen LogP contribution in [0.5, 0.6) is 0 Å². The molecule has 1 unspecified atom stereocenters. The van der Waals surface area contributed by atoms with E-state index in [4.69, 9.17) is 0 Å². The Balaban J connectivity index is 0.00000392. The van der Waals surface area contributed by atoms with Crippen LogP contribution in [0.1, 0.15) is 39.2 Å². The number of nitrogens with one attached hydrogen (secondary N) is 2. The standard InChI is InChI=1S/C21H35N5O.HI/c1-5-25(6-2)14-9-10-17(3)24-21(22-4)23-16-20(27)26-15-13-18-11-7-8-12-19(18)26;/h7-8,11-12,17H,5-6,9-10,13-16H2,1-4H3,(H2,22,23,24);1H. The number of hydrogen-bond donors (Lipinski definition) is 2. The van der Waals surface area contributed by atoms with Crippen molar-refractivity contribution in [2.75, 3.05) is 44.7 Å². The van der Waals surface area contributed by atoms with E-state index in [0.29, 0.717) is 12.0 Å². The van der Waals surface area contributed by atoms with Crippen LogP contribution in [-0.2, 0) is 11.2 Å². The quantitative estimate of drug-likeness (QED) is 0.311. The molecule has 1 aromatic rings. The predicted molar refractivity (Wildman–Crippen MR) is 129 cm³/mol. The number of anilines is 1. The number of hydrogen-bond acceptors (Lipinski definition) is 3. The van der Waals surface area contributed by atoms with Gasteiger partial charge in [-0.1, -0.05) is 32.0 Å². The fourth-order valence-corrected chi connectivity index (χ4v) is 3.51. The molecule has 1 atom stereocenters. The molecule has 2 rings (SSSR count). The Morgan fingerprint density at radius 1 is 1.29 bits per heavy atom. The molecular formula is C21H36IN5O. The average molecular weight is 501 g/mol. The predicted octanol–water partition coefficient (Wildman–Crippen LogP) is 2.87. The van der Waals surface area contributed by atoms with Crippen LogP contribution in [0.15, 0.2) is 29.3 Å². The van der Waals surface area contributed by atoms with Crippen molar-refractivity contribution in [3.63, 3.8) is 0 Å². The highest BCUT2D eigenvalue weighted by Gasteiger charge is 2.23. The van der Waals surface area contributed by atoms with Crippen molar-refractivity contribution in [2.24, 2.45) is 4.99 Å². The fourth-order valence-electron chi connectivity index (χ4n) is 3.51. The number of halogens is 1. The molecule has 2 N–H and O–H groups in total. The second-order valence-electron chi connectivity index (χ2n) is 7.06. The number of aliphatic imine (C=N–C) groups is 1. The topological polar surface area (TPSA) is 60.0 Å². The Bertz CT molecular complexity index is 633. The summed E-state index contributed by atoms with van der Waals surface area (Å²) < 4.78 is 0. The highest BCUT2D eigenvalue weighted by molar-refractivity contribution is 14.0. The zero-order valence-electron chi connectivity index (χ0n) is 17.7. The number of para-hydroxylation sites is 1. The SMILES string of the molecule is CCN(CC)CCCC(C)NC(=NC)NCC(=O)N1CCc2ccccc21.I. The number of benzene rings is 1. The second kappa shape index (κ2) is 13.0. The van der Waals surface area contributed by atoms with Crippen molar-refractivity contribution >= 4 is 41.5 Å². The van der Waals surface area contributed by atoms with Gasteiger partial charge in [-0.2, -0.15) is 0 Å². The van der Waals surface area contributed by atoms with Gasteiger partial charge in [0.25, 0.3) is 0 Å². The molecule has 0 aromatic heterocycles. The summed E-state index contributed by atoms with van der Waals surface area (Å²) in [5.74, 6) is 0.767. The Kier molecular flexibility index (Phi) is 11.4. The Labute approximate surface area is 187 Å². The molecule has 0 fully saturated rings. The van der Waals surface area contributed by atoms with Crippen LogP contribution >= 0.6 is 24.0 Å². The summed E-state index contributed by atoms with van der Waals surface area (Å²) in [4.78, 5) is 21.2. The Morgan fingerprint density at radius 2 is 2.00 bits per heavy atom. The van der Waals surface area contributed by atoms with E-state index < -0.39 is 0 Å². The molecule has 0 aliphatic carbocycles. The van der Waals surface area contributed by atoms with Crippen molar-refractivity contribution in [3.8, 4) is 0 Å². The average Bonchev–Trinajstić information content (AvgIpc) is 3.12. The summed E-state index contributed by atoms with van der Waals surface area (Å²) in [6, 6.07) is 8.44. The smallest absolute Gasteiger partial charge is 0.246 e. The highest BCUT2D eigenvalue weighted by Crippen LogP contribution is 2.27. The molecule has 1 aliphatic heterocycles. The minimum absolute atomic E-state index is 0. The van der Waals surface area contributed by atoms with Crippen LogP contribution in [0.2, 0.25) is 0 Å². The monoisotopic (exact) mass is 501 g/mol. The lowest BCUT2D eigenvalue weighted by Crippen LogP contribution is -2.47. The highest BCUT2D eigenvalue weighted by atomic mass is 127. The van der Waals surface area contributed by atoms with E-state index >= 15 is 0 Å². The molecule has 1 aromatic carbocycles. The van der Waals surface area contributed by atoms with Crippen molar-refractivity contribution in [2.45, 2.75) is 46.1 Å². The van der Waals surface area contributed by atoms with Crippen LogP contribution in [0.4, 0.5) is 5.69 Å². The van der Waals surface area contributed by atoms with Crippen LogP contribution in [-0.4, -0.2) is 62.6 Å². The van der Waals surface area contributed by atoms with Gasteiger partial charge in [-0.15, -0.1) is 24.0 Å². The number of fused-ring (bicyclic) bond motifs is 1. The maximum absolute atomic E-state index is 12.6. The molecule has 6 nitrogen and oxygen atoms in total. The third-order valence-electron chi connectivity index (χ3n) is 5.21. The second-order valence-corrected chi connectivity index (χ2v) is 7.06. The molecule has 0 saturated heterocycles. The molecule has 0 bridgehead atoms. The van der Waals surface area contributed by atoms with Gasteiger partial charge in [-0.05, 0) is 57.5 Å². The maximum atomic E-state index is 12.6. The van der Waals surface area contributed by atoms with Gasteiger partial charge in [0.2, 0.25) is 5.91 Å². The van der Waals surface area contributed by atoms with Gasteiger partial charge in [0.15, 0.2) is 5.96 Å². The van der Waals surface area contributed by atoms with Crippen LogP contribution in [0.25, 0.3) is 0 Å². The normalized spacial score (nSPS) is 14.5. The molecule has 1 amide bonds. The lowest BCUT2D eigenvalue weighted by atomic mass is 10.2. The van der Waals surface area contributed by atoms with Crippen molar-refractivity contribution in [1.29, 1.82) is 0 Å². The zero-order chi connectivity index (χ0) is 19.6. The lowest BCUT2D eigenvalue weighted by molar-refractivity contribution is -0.117. The fraction of sp³-hybridized carbons (Fsp3) is 0.619. The molecule has 158 valence electrons. The first-order valence-corrected chi connectivity index (χ1v) is 10.2. The Morgan fingerprint density at radius 3 is 2.68 bits per heavy atom. The molecule has 0 spiro atoms. The molecule has 0 radical (unpaired) electrons. The summed E-state index contributed by atoms with van der Waals surface area (Å²) in [5.41, 5.74) is 2.28. The summed E-state index contributed by atoms with van der Waals surface area (Å²) >= 11 is 0. The van der Waals surface area contributed by atoms with Crippen LogP contribution < -0.4 is 15.5 Å². The number of amides is 1. The maximum Gasteiger partial charge on any atom is 0.246 e. The van der Waals surface area contributed by atoms with Crippen molar-refractivity contribution < 1.29 is 4.79 Å². The number of nitrogens with zero attached hydrogens (tertiary/aromatic N) is 3. The first-order chi connectivity index (χ1) is 13.1. The van der Waals surface area contributed by atoms with Crippen molar-refractivity contribution in [1.82, 2.24) is 15.5 Å². The van der Waals surface area contributed by atoms with Crippen molar-refractivity contribution in [3.05, 3.63) is 29.8 Å².